The SMILES string of the molecule is CC.CC(=O)NC1CCC(NC(=O)c2ccc(C)cn2)CC1.[HH].[HH]. The Bertz CT molecular complexity index is 487. The summed E-state index contributed by atoms with van der Waals surface area (Å²) in [6, 6.07) is 4.05. The van der Waals surface area contributed by atoms with E-state index in [1.165, 1.54) is 6.92 Å². The van der Waals surface area contributed by atoms with Gasteiger partial charge in [0.1, 0.15) is 5.69 Å². The molecule has 126 valence electrons. The fourth-order valence-electron chi connectivity index (χ4n) is 2.53. The van der Waals surface area contributed by atoms with Crippen molar-refractivity contribution in [2.24, 2.45) is 0 Å². The van der Waals surface area contributed by atoms with Gasteiger partial charge in [-0.1, -0.05) is 19.9 Å². The fourth-order valence-corrected chi connectivity index (χ4v) is 2.53. The number of hydrogen-bond donors (Lipinski definition) is 2. The number of aromatic nitrogens is 1. The zero-order valence-corrected chi connectivity index (χ0v) is 14.0. The van der Waals surface area contributed by atoms with Crippen molar-refractivity contribution in [3.05, 3.63) is 29.6 Å². The highest BCUT2D eigenvalue weighted by atomic mass is 16.2. The van der Waals surface area contributed by atoms with Gasteiger partial charge >= 0.3 is 0 Å². The van der Waals surface area contributed by atoms with Gasteiger partial charge in [-0.3, -0.25) is 14.6 Å². The van der Waals surface area contributed by atoms with Crippen molar-refractivity contribution in [2.45, 2.75) is 65.5 Å². The Hall–Kier alpha value is -1.91. The van der Waals surface area contributed by atoms with E-state index in [9.17, 15) is 9.59 Å². The lowest BCUT2D eigenvalue weighted by atomic mass is 9.91. The summed E-state index contributed by atoms with van der Waals surface area (Å²) in [5.41, 5.74) is 1.50. The molecule has 22 heavy (non-hydrogen) atoms. The average Bonchev–Trinajstić information content (AvgIpc) is 2.51. The van der Waals surface area contributed by atoms with Crippen molar-refractivity contribution >= 4 is 11.8 Å². The summed E-state index contributed by atoms with van der Waals surface area (Å²) in [5.74, 6) is -0.102. The molecule has 0 radical (unpaired) electrons. The van der Waals surface area contributed by atoms with Gasteiger partial charge in [0, 0.05) is 28.1 Å². The molecule has 1 aliphatic carbocycles. The van der Waals surface area contributed by atoms with Crippen LogP contribution in [-0.2, 0) is 4.79 Å². The van der Waals surface area contributed by atoms with Crippen LogP contribution in [-0.4, -0.2) is 28.9 Å². The Morgan fingerprint density at radius 1 is 1.09 bits per heavy atom. The molecule has 5 heteroatoms. The minimum absolute atomic E-state index is 0. The first-order valence-electron chi connectivity index (χ1n) is 8.05. The molecule has 5 nitrogen and oxygen atoms in total. The molecule has 1 aromatic rings. The molecule has 2 N–H and O–H groups in total. The third-order valence-corrected chi connectivity index (χ3v) is 3.61. The van der Waals surface area contributed by atoms with Crippen molar-refractivity contribution in [2.75, 3.05) is 0 Å². The Morgan fingerprint density at radius 2 is 1.64 bits per heavy atom. The number of carbonyl (C=O) groups is 2. The van der Waals surface area contributed by atoms with E-state index < -0.39 is 0 Å². The average molecular weight is 309 g/mol. The maximum Gasteiger partial charge on any atom is 0.270 e. The molecule has 0 aliphatic heterocycles. The Labute approximate surface area is 135 Å². The van der Waals surface area contributed by atoms with Gasteiger partial charge in [-0.05, 0) is 44.2 Å². The third kappa shape index (κ3) is 5.84. The molecule has 0 unspecified atom stereocenters. The molecule has 1 aliphatic rings. The lowest BCUT2D eigenvalue weighted by Crippen LogP contribution is -2.43. The zero-order valence-electron chi connectivity index (χ0n) is 14.0. The third-order valence-electron chi connectivity index (χ3n) is 3.61. The van der Waals surface area contributed by atoms with Gasteiger partial charge < -0.3 is 10.6 Å². The Kier molecular flexibility index (Phi) is 7.57. The second kappa shape index (κ2) is 9.18. The second-order valence-electron chi connectivity index (χ2n) is 5.44. The van der Waals surface area contributed by atoms with Crippen molar-refractivity contribution in [3.63, 3.8) is 0 Å². The Morgan fingerprint density at radius 3 is 2.09 bits per heavy atom. The van der Waals surface area contributed by atoms with Crippen molar-refractivity contribution in [1.29, 1.82) is 0 Å². The monoisotopic (exact) mass is 309 g/mol. The molecule has 0 spiro atoms. The van der Waals surface area contributed by atoms with Crippen LogP contribution in [0.2, 0.25) is 0 Å². The van der Waals surface area contributed by atoms with Crippen LogP contribution >= 0.6 is 0 Å². The number of nitrogens with zero attached hydrogens (tertiary/aromatic N) is 1. The molecule has 2 rings (SSSR count). The predicted octanol–water partition coefficient (Wildman–Crippen LogP) is 3.09. The van der Waals surface area contributed by atoms with Crippen LogP contribution in [0.25, 0.3) is 0 Å². The largest absolute Gasteiger partial charge is 0.354 e. The zero-order chi connectivity index (χ0) is 16.5. The van der Waals surface area contributed by atoms with E-state index in [1.54, 1.807) is 12.3 Å². The normalized spacial score (nSPS) is 20.4. The molecule has 0 aromatic carbocycles. The van der Waals surface area contributed by atoms with Gasteiger partial charge in [0.15, 0.2) is 0 Å². The lowest BCUT2D eigenvalue weighted by Gasteiger charge is -2.29. The topological polar surface area (TPSA) is 71.1 Å². The van der Waals surface area contributed by atoms with Crippen LogP contribution in [0, 0.1) is 6.92 Å². The molecule has 2 amide bonds. The van der Waals surface area contributed by atoms with E-state index in [1.807, 2.05) is 26.8 Å². The van der Waals surface area contributed by atoms with Gasteiger partial charge in [-0.15, -0.1) is 0 Å². The highest BCUT2D eigenvalue weighted by Gasteiger charge is 2.23. The Balaban J connectivity index is 0. The standard InChI is InChI=1S/C15H21N3O2.C2H6.2H2/c1-10-3-8-14(16-9-10)15(20)18-13-6-4-12(5-7-13)17-11(2)19;1-2;;/h3,8-9,12-13H,4-7H2,1-2H3,(H,17,19)(H,18,20);1-2H3;2*1H. The highest BCUT2D eigenvalue weighted by Crippen LogP contribution is 2.19. The van der Waals surface area contributed by atoms with Crippen LogP contribution in [0.1, 0.15) is 65.4 Å². The molecule has 0 bridgehead atoms. The maximum atomic E-state index is 12.0. The van der Waals surface area contributed by atoms with Crippen molar-refractivity contribution in [1.82, 2.24) is 15.6 Å². The van der Waals surface area contributed by atoms with Gasteiger partial charge in [0.05, 0.1) is 0 Å². The van der Waals surface area contributed by atoms with Crippen molar-refractivity contribution in [3.8, 4) is 0 Å². The van der Waals surface area contributed by atoms with Crippen LogP contribution < -0.4 is 10.6 Å². The van der Waals surface area contributed by atoms with E-state index in [0.29, 0.717) is 5.69 Å². The smallest absolute Gasteiger partial charge is 0.270 e. The minimum atomic E-state index is -0.118. The van der Waals surface area contributed by atoms with Gasteiger partial charge in [-0.2, -0.15) is 0 Å². The quantitative estimate of drug-likeness (QED) is 0.901. The summed E-state index contributed by atoms with van der Waals surface area (Å²) in [5, 5.41) is 5.94. The lowest BCUT2D eigenvalue weighted by molar-refractivity contribution is -0.119. The fraction of sp³-hybridized carbons (Fsp3) is 0.588. The molecular weight excluding hydrogens is 278 g/mol. The highest BCUT2D eigenvalue weighted by molar-refractivity contribution is 5.92. The van der Waals surface area contributed by atoms with Gasteiger partial charge in [-0.25, -0.2) is 0 Å². The van der Waals surface area contributed by atoms with E-state index in [-0.39, 0.29) is 26.8 Å². The van der Waals surface area contributed by atoms with Crippen molar-refractivity contribution < 1.29 is 12.4 Å². The van der Waals surface area contributed by atoms with Crippen LogP contribution in [0.5, 0.6) is 0 Å². The maximum absolute atomic E-state index is 12.0. The number of carbonyl (C=O) groups excluding carboxylic acids is 2. The summed E-state index contributed by atoms with van der Waals surface area (Å²) in [6.07, 6.45) is 5.30. The summed E-state index contributed by atoms with van der Waals surface area (Å²) in [4.78, 5) is 27.2. The molecule has 1 heterocycles. The van der Waals surface area contributed by atoms with E-state index in [0.717, 1.165) is 31.2 Å². The number of amides is 2. The van der Waals surface area contributed by atoms with E-state index in [4.69, 9.17) is 0 Å². The van der Waals surface area contributed by atoms with Gasteiger partial charge in [0.25, 0.3) is 5.91 Å². The van der Waals surface area contributed by atoms with E-state index in [2.05, 4.69) is 15.6 Å². The summed E-state index contributed by atoms with van der Waals surface area (Å²) in [7, 11) is 0. The molecular formula is C17H31N3O2. The molecule has 1 saturated carbocycles. The predicted molar refractivity (Wildman–Crippen MR) is 91.9 cm³/mol. The van der Waals surface area contributed by atoms with Gasteiger partial charge in [0.2, 0.25) is 5.91 Å². The summed E-state index contributed by atoms with van der Waals surface area (Å²) in [6.45, 7) is 7.48. The molecule has 1 fully saturated rings. The molecule has 0 saturated heterocycles. The molecule has 0 atom stereocenters. The second-order valence-corrected chi connectivity index (χ2v) is 5.44. The van der Waals surface area contributed by atoms with Crippen LogP contribution in [0.3, 0.4) is 0 Å². The molecule has 1 aromatic heterocycles. The first-order valence-corrected chi connectivity index (χ1v) is 8.05. The van der Waals surface area contributed by atoms with E-state index >= 15 is 0 Å². The number of aryl methyl sites for hydroxylation is 1. The minimum Gasteiger partial charge on any atom is -0.354 e. The first kappa shape index (κ1) is 18.1. The number of pyridine rings is 1. The summed E-state index contributed by atoms with van der Waals surface area (Å²) < 4.78 is 0. The summed E-state index contributed by atoms with van der Waals surface area (Å²) >= 11 is 0. The van der Waals surface area contributed by atoms with Crippen LogP contribution in [0.4, 0.5) is 0 Å². The number of hydrogen-bond acceptors (Lipinski definition) is 3. The number of nitrogens with one attached hydrogen (secondary N) is 2. The first-order chi connectivity index (χ1) is 10.5. The van der Waals surface area contributed by atoms with Crippen LogP contribution in [0.15, 0.2) is 18.3 Å². The number of rotatable bonds is 3.